The Morgan fingerprint density at radius 3 is 2.52 bits per heavy atom. The van der Waals surface area contributed by atoms with Crippen LogP contribution in [0.5, 0.6) is 0 Å². The molecule has 3 N–H and O–H groups in total. The summed E-state index contributed by atoms with van der Waals surface area (Å²) >= 11 is 0. The predicted molar refractivity (Wildman–Crippen MR) is 117 cm³/mol. The molecule has 0 saturated heterocycles. The molecule has 0 aliphatic rings. The Balaban J connectivity index is 1.48. The van der Waals surface area contributed by atoms with Gasteiger partial charge < -0.3 is 20.5 Å². The molecule has 0 fully saturated rings. The molecule has 0 atom stereocenters. The van der Waals surface area contributed by atoms with E-state index in [0.717, 1.165) is 28.4 Å². The molecule has 0 aliphatic carbocycles. The molecule has 3 aromatic carbocycles. The highest BCUT2D eigenvalue weighted by molar-refractivity contribution is 6.09. The second-order valence-corrected chi connectivity index (χ2v) is 6.66. The second-order valence-electron chi connectivity index (χ2n) is 6.66. The van der Waals surface area contributed by atoms with Crippen LogP contribution in [0.25, 0.3) is 21.8 Å². The van der Waals surface area contributed by atoms with Gasteiger partial charge in [-0.15, -0.1) is 0 Å². The van der Waals surface area contributed by atoms with Crippen LogP contribution in [0.4, 0.5) is 5.69 Å². The molecule has 0 saturated carbocycles. The van der Waals surface area contributed by atoms with Crippen LogP contribution in [-0.4, -0.2) is 22.9 Å². The molecule has 0 radical (unpaired) electrons. The molecule has 4 aromatic rings. The minimum Gasteiger partial charge on any atom is -0.384 e. The number of nitrogens with one attached hydrogen (secondary N) is 1. The van der Waals surface area contributed by atoms with E-state index < -0.39 is 0 Å². The van der Waals surface area contributed by atoms with E-state index in [1.165, 1.54) is 5.52 Å². The van der Waals surface area contributed by atoms with E-state index in [-0.39, 0.29) is 18.3 Å². The predicted octanol–water partition coefficient (Wildman–Crippen LogP) is 4.09. The lowest BCUT2D eigenvalue weighted by Gasteiger charge is -2.06. The number of nitrogens with zero attached hydrogens (tertiary/aromatic N) is 2. The average molecular weight is 386 g/mol. The normalized spacial score (nSPS) is 11.7. The molecule has 29 heavy (non-hydrogen) atoms. The van der Waals surface area contributed by atoms with Crippen LogP contribution in [0.2, 0.25) is 0 Å². The van der Waals surface area contributed by atoms with Gasteiger partial charge in [-0.3, -0.25) is 4.79 Å². The van der Waals surface area contributed by atoms with Gasteiger partial charge in [-0.2, -0.15) is 0 Å². The Hall–Kier alpha value is -3.80. The van der Waals surface area contributed by atoms with E-state index in [2.05, 4.69) is 34.1 Å². The Bertz CT molecular complexity index is 1200. The molecule has 146 valence electrons. The van der Waals surface area contributed by atoms with Crippen LogP contribution < -0.4 is 11.1 Å². The minimum atomic E-state index is -0.298. The maximum absolute atomic E-state index is 12.2. The summed E-state index contributed by atoms with van der Waals surface area (Å²) in [7, 11) is 0. The molecular formula is C23H22N4O2. The van der Waals surface area contributed by atoms with Gasteiger partial charge in [0.05, 0.1) is 0 Å². The topological polar surface area (TPSA) is 81.6 Å². The Morgan fingerprint density at radius 2 is 1.72 bits per heavy atom. The first-order chi connectivity index (χ1) is 14.2. The smallest absolute Gasteiger partial charge is 0.265 e. The van der Waals surface area contributed by atoms with Gasteiger partial charge in [0, 0.05) is 39.6 Å². The largest absolute Gasteiger partial charge is 0.384 e. The molecule has 1 heterocycles. The van der Waals surface area contributed by atoms with Gasteiger partial charge in [0.1, 0.15) is 0 Å². The number of anilines is 1. The molecule has 6 nitrogen and oxygen atoms in total. The van der Waals surface area contributed by atoms with Crippen LogP contribution in [0.3, 0.4) is 0 Å². The van der Waals surface area contributed by atoms with Crippen LogP contribution in [-0.2, 0) is 16.2 Å². The molecule has 0 unspecified atom stereocenters. The summed E-state index contributed by atoms with van der Waals surface area (Å²) in [6.07, 6.45) is 0. The highest BCUT2D eigenvalue weighted by Gasteiger charge is 2.11. The number of aryl methyl sites for hydroxylation is 1. The van der Waals surface area contributed by atoms with Crippen molar-refractivity contribution in [3.05, 3.63) is 78.4 Å². The number of nitrogens with two attached hydrogens (primary N) is 1. The molecule has 4 rings (SSSR count). The van der Waals surface area contributed by atoms with E-state index in [1.807, 2.05) is 60.7 Å². The second kappa shape index (κ2) is 8.06. The SMILES string of the molecule is CCn1c2ccccc2c2cc(NC(=O)CO/N=C(\N)c3ccccc3)ccc21. The molecule has 0 aliphatic heterocycles. The fourth-order valence-corrected chi connectivity index (χ4v) is 3.49. The summed E-state index contributed by atoms with van der Waals surface area (Å²) in [5.41, 5.74) is 9.63. The maximum Gasteiger partial charge on any atom is 0.265 e. The van der Waals surface area contributed by atoms with Crippen molar-refractivity contribution in [2.24, 2.45) is 10.9 Å². The summed E-state index contributed by atoms with van der Waals surface area (Å²) in [4.78, 5) is 17.4. The standard InChI is InChI=1S/C23H22N4O2/c1-2-27-20-11-7-6-10-18(20)19-14-17(12-13-21(19)27)25-22(28)15-29-26-23(24)16-8-4-3-5-9-16/h3-14H,2,15H2,1H3,(H2,24,26)(H,25,28). The van der Waals surface area contributed by atoms with Crippen LogP contribution in [0.1, 0.15) is 12.5 Å². The first-order valence-corrected chi connectivity index (χ1v) is 9.49. The number of amides is 1. The zero-order valence-electron chi connectivity index (χ0n) is 16.1. The summed E-state index contributed by atoms with van der Waals surface area (Å²) in [6.45, 7) is 2.78. The van der Waals surface area contributed by atoms with Gasteiger partial charge in [0.15, 0.2) is 12.4 Å². The van der Waals surface area contributed by atoms with Crippen molar-refractivity contribution < 1.29 is 9.63 Å². The number of hydrogen-bond donors (Lipinski definition) is 2. The van der Waals surface area contributed by atoms with Gasteiger partial charge in [-0.05, 0) is 31.2 Å². The number of oxime groups is 1. The number of rotatable bonds is 6. The molecule has 0 bridgehead atoms. The number of aromatic nitrogens is 1. The van der Waals surface area contributed by atoms with Crippen molar-refractivity contribution in [3.8, 4) is 0 Å². The van der Waals surface area contributed by atoms with Crippen LogP contribution in [0, 0.1) is 0 Å². The zero-order valence-corrected chi connectivity index (χ0v) is 16.1. The van der Waals surface area contributed by atoms with Crippen molar-refractivity contribution in [3.63, 3.8) is 0 Å². The van der Waals surface area contributed by atoms with E-state index in [0.29, 0.717) is 5.69 Å². The number of hydrogen-bond acceptors (Lipinski definition) is 3. The third-order valence-electron chi connectivity index (χ3n) is 4.80. The maximum atomic E-state index is 12.2. The van der Waals surface area contributed by atoms with Crippen LogP contribution >= 0.6 is 0 Å². The number of fused-ring (bicyclic) bond motifs is 3. The van der Waals surface area contributed by atoms with E-state index in [1.54, 1.807) is 0 Å². The fraction of sp³-hybridized carbons (Fsp3) is 0.130. The van der Waals surface area contributed by atoms with Gasteiger partial charge in [-0.1, -0.05) is 53.7 Å². The quantitative estimate of drug-likeness (QED) is 0.297. The van der Waals surface area contributed by atoms with Crippen molar-refractivity contribution in [2.75, 3.05) is 11.9 Å². The lowest BCUT2D eigenvalue weighted by molar-refractivity contribution is -0.120. The summed E-state index contributed by atoms with van der Waals surface area (Å²) in [5.74, 6) is -0.0691. The highest BCUT2D eigenvalue weighted by atomic mass is 16.6. The number of benzene rings is 3. The third kappa shape index (κ3) is 3.78. The molecule has 6 heteroatoms. The number of carbonyl (C=O) groups is 1. The Kier molecular flexibility index (Phi) is 5.16. The van der Waals surface area contributed by atoms with Gasteiger partial charge in [-0.25, -0.2) is 0 Å². The average Bonchev–Trinajstić information content (AvgIpc) is 3.07. The third-order valence-corrected chi connectivity index (χ3v) is 4.80. The highest BCUT2D eigenvalue weighted by Crippen LogP contribution is 2.30. The number of carbonyl (C=O) groups excluding carboxylic acids is 1. The first-order valence-electron chi connectivity index (χ1n) is 9.49. The molecule has 0 spiro atoms. The van der Waals surface area contributed by atoms with Gasteiger partial charge in [0.25, 0.3) is 5.91 Å². The Morgan fingerprint density at radius 1 is 1.00 bits per heavy atom. The molecular weight excluding hydrogens is 364 g/mol. The minimum absolute atomic E-state index is 0.220. The fourth-order valence-electron chi connectivity index (χ4n) is 3.49. The lowest BCUT2D eigenvalue weighted by atomic mass is 10.1. The van der Waals surface area contributed by atoms with Crippen molar-refractivity contribution in [1.82, 2.24) is 4.57 Å². The summed E-state index contributed by atoms with van der Waals surface area (Å²) in [5, 5.41) is 8.94. The molecule has 1 aromatic heterocycles. The van der Waals surface area contributed by atoms with E-state index >= 15 is 0 Å². The van der Waals surface area contributed by atoms with Crippen molar-refractivity contribution in [1.29, 1.82) is 0 Å². The van der Waals surface area contributed by atoms with Gasteiger partial charge in [0.2, 0.25) is 0 Å². The summed E-state index contributed by atoms with van der Waals surface area (Å²) < 4.78 is 2.26. The Labute approximate surface area is 168 Å². The van der Waals surface area contributed by atoms with Crippen molar-refractivity contribution in [2.45, 2.75) is 13.5 Å². The summed E-state index contributed by atoms with van der Waals surface area (Å²) in [6, 6.07) is 23.4. The monoisotopic (exact) mass is 386 g/mol. The number of amidine groups is 1. The number of para-hydroxylation sites is 1. The lowest BCUT2D eigenvalue weighted by Crippen LogP contribution is -2.19. The van der Waals surface area contributed by atoms with E-state index in [9.17, 15) is 4.79 Å². The van der Waals surface area contributed by atoms with Crippen LogP contribution in [0.15, 0.2) is 78.0 Å². The zero-order chi connectivity index (χ0) is 20.2. The van der Waals surface area contributed by atoms with Crippen molar-refractivity contribution >= 4 is 39.2 Å². The van der Waals surface area contributed by atoms with Gasteiger partial charge >= 0.3 is 0 Å². The van der Waals surface area contributed by atoms with E-state index in [4.69, 9.17) is 10.6 Å². The molecule has 1 amide bonds. The first kappa shape index (κ1) is 18.6.